The van der Waals surface area contributed by atoms with Gasteiger partial charge in [0.1, 0.15) is 12.4 Å². The second kappa shape index (κ2) is 8.51. The van der Waals surface area contributed by atoms with Crippen molar-refractivity contribution in [2.24, 2.45) is 0 Å². The number of hydrogen-bond acceptors (Lipinski definition) is 5. The van der Waals surface area contributed by atoms with E-state index in [4.69, 9.17) is 14.2 Å². The summed E-state index contributed by atoms with van der Waals surface area (Å²) in [6, 6.07) is 11.8. The van der Waals surface area contributed by atoms with Crippen molar-refractivity contribution >= 4 is 11.7 Å². The number of fused-ring (bicyclic) bond motifs is 1. The summed E-state index contributed by atoms with van der Waals surface area (Å²) in [5.41, 5.74) is 3.87. The predicted molar refractivity (Wildman–Crippen MR) is 111 cm³/mol. The number of benzene rings is 2. The molecule has 0 spiro atoms. The Morgan fingerprint density at radius 3 is 2.69 bits per heavy atom. The Kier molecular flexibility index (Phi) is 5.64. The van der Waals surface area contributed by atoms with Crippen molar-refractivity contribution in [3.05, 3.63) is 47.5 Å². The lowest BCUT2D eigenvalue weighted by Gasteiger charge is -2.37. The molecular weight excluding hydrogens is 370 g/mol. The molecule has 2 amide bonds. The van der Waals surface area contributed by atoms with Gasteiger partial charge in [0.2, 0.25) is 6.79 Å². The van der Waals surface area contributed by atoms with Crippen molar-refractivity contribution in [1.82, 2.24) is 10.2 Å². The van der Waals surface area contributed by atoms with E-state index in [1.165, 1.54) is 16.8 Å². The van der Waals surface area contributed by atoms with Gasteiger partial charge < -0.3 is 29.3 Å². The number of carbonyl (C=O) groups excluding carboxylic acids is 1. The Morgan fingerprint density at radius 1 is 1.07 bits per heavy atom. The van der Waals surface area contributed by atoms with Crippen LogP contribution in [0.2, 0.25) is 0 Å². The zero-order valence-electron chi connectivity index (χ0n) is 16.9. The third kappa shape index (κ3) is 4.34. The fourth-order valence-corrected chi connectivity index (χ4v) is 3.63. The third-order valence-corrected chi connectivity index (χ3v) is 5.47. The highest BCUT2D eigenvalue weighted by Gasteiger charge is 2.22. The molecule has 2 aromatic rings. The number of piperazine rings is 1. The summed E-state index contributed by atoms with van der Waals surface area (Å²) >= 11 is 0. The minimum Gasteiger partial charge on any atom is -0.492 e. The number of nitrogens with zero attached hydrogens (tertiary/aromatic N) is 2. The van der Waals surface area contributed by atoms with E-state index in [2.05, 4.69) is 42.3 Å². The van der Waals surface area contributed by atoms with Crippen LogP contribution >= 0.6 is 0 Å². The summed E-state index contributed by atoms with van der Waals surface area (Å²) < 4.78 is 16.3. The lowest BCUT2D eigenvalue weighted by Crippen LogP contribution is -2.52. The Labute approximate surface area is 171 Å². The zero-order chi connectivity index (χ0) is 20.2. The van der Waals surface area contributed by atoms with Crippen molar-refractivity contribution < 1.29 is 19.0 Å². The third-order valence-electron chi connectivity index (χ3n) is 5.47. The van der Waals surface area contributed by atoms with Gasteiger partial charge in [0.05, 0.1) is 6.54 Å². The quantitative estimate of drug-likeness (QED) is 0.786. The lowest BCUT2D eigenvalue weighted by atomic mass is 10.1. The van der Waals surface area contributed by atoms with Crippen LogP contribution < -0.4 is 24.4 Å². The number of rotatable bonds is 5. The summed E-state index contributed by atoms with van der Waals surface area (Å²) in [5.74, 6) is 2.12. The summed E-state index contributed by atoms with van der Waals surface area (Å²) in [5, 5.41) is 2.94. The standard InChI is InChI=1S/C22H27N3O4/c1-16-4-3-5-19(17(16)2)24-9-11-25(12-10-24)22(26)23-8-13-27-18-6-7-20-21(14-18)29-15-28-20/h3-7,14H,8-13,15H2,1-2H3,(H,23,26). The fraction of sp³-hybridized carbons (Fsp3) is 0.409. The smallest absolute Gasteiger partial charge is 0.317 e. The molecule has 1 saturated heterocycles. The van der Waals surface area contributed by atoms with Crippen LogP contribution in [0.5, 0.6) is 17.2 Å². The van der Waals surface area contributed by atoms with E-state index in [1.807, 2.05) is 17.0 Å². The lowest BCUT2D eigenvalue weighted by molar-refractivity contribution is 0.173. The first-order valence-corrected chi connectivity index (χ1v) is 9.98. The number of carbonyl (C=O) groups is 1. The molecule has 154 valence electrons. The molecule has 4 rings (SSSR count). The van der Waals surface area contributed by atoms with Crippen LogP contribution in [-0.2, 0) is 0 Å². The SMILES string of the molecule is Cc1cccc(N2CCN(C(=O)NCCOc3ccc4c(c3)OCO4)CC2)c1C. The van der Waals surface area contributed by atoms with Crippen LogP contribution in [0.1, 0.15) is 11.1 Å². The van der Waals surface area contributed by atoms with E-state index < -0.39 is 0 Å². The molecule has 0 aromatic heterocycles. The van der Waals surface area contributed by atoms with Gasteiger partial charge in [-0.1, -0.05) is 12.1 Å². The maximum Gasteiger partial charge on any atom is 0.317 e. The van der Waals surface area contributed by atoms with E-state index in [1.54, 1.807) is 6.07 Å². The number of aryl methyl sites for hydroxylation is 1. The average Bonchev–Trinajstić information content (AvgIpc) is 3.21. The van der Waals surface area contributed by atoms with E-state index in [0.717, 1.165) is 18.8 Å². The molecule has 0 bridgehead atoms. The van der Waals surface area contributed by atoms with Gasteiger partial charge in [-0.05, 0) is 43.2 Å². The number of nitrogens with one attached hydrogen (secondary N) is 1. The van der Waals surface area contributed by atoms with Crippen LogP contribution in [0, 0.1) is 13.8 Å². The molecule has 0 unspecified atom stereocenters. The van der Waals surface area contributed by atoms with Gasteiger partial charge in [-0.2, -0.15) is 0 Å². The molecule has 7 nitrogen and oxygen atoms in total. The number of hydrogen-bond donors (Lipinski definition) is 1. The van der Waals surface area contributed by atoms with Crippen LogP contribution in [-0.4, -0.2) is 57.1 Å². The first kappa shape index (κ1) is 19.2. The van der Waals surface area contributed by atoms with Crippen molar-refractivity contribution in [2.45, 2.75) is 13.8 Å². The summed E-state index contributed by atoms with van der Waals surface area (Å²) in [7, 11) is 0. The minimum absolute atomic E-state index is 0.0418. The first-order valence-electron chi connectivity index (χ1n) is 9.98. The monoisotopic (exact) mass is 397 g/mol. The molecule has 2 aliphatic heterocycles. The van der Waals surface area contributed by atoms with Crippen LogP contribution in [0.3, 0.4) is 0 Å². The Morgan fingerprint density at radius 2 is 1.86 bits per heavy atom. The number of ether oxygens (including phenoxy) is 3. The molecule has 2 heterocycles. The molecule has 0 atom stereocenters. The van der Waals surface area contributed by atoms with Gasteiger partial charge in [0, 0.05) is 37.9 Å². The number of amides is 2. The van der Waals surface area contributed by atoms with Gasteiger partial charge in [0.25, 0.3) is 0 Å². The van der Waals surface area contributed by atoms with E-state index in [-0.39, 0.29) is 12.8 Å². The average molecular weight is 397 g/mol. The summed E-state index contributed by atoms with van der Waals surface area (Å²) in [6.45, 7) is 8.48. The van der Waals surface area contributed by atoms with Crippen molar-refractivity contribution in [1.29, 1.82) is 0 Å². The number of anilines is 1. The van der Waals surface area contributed by atoms with Gasteiger partial charge >= 0.3 is 6.03 Å². The fourth-order valence-electron chi connectivity index (χ4n) is 3.63. The molecule has 7 heteroatoms. The summed E-state index contributed by atoms with van der Waals surface area (Å²) in [4.78, 5) is 16.7. The Balaban J connectivity index is 1.20. The van der Waals surface area contributed by atoms with Crippen LogP contribution in [0.25, 0.3) is 0 Å². The maximum absolute atomic E-state index is 12.4. The van der Waals surface area contributed by atoms with Gasteiger partial charge in [-0.25, -0.2) is 4.79 Å². The molecule has 0 radical (unpaired) electrons. The van der Waals surface area contributed by atoms with E-state index >= 15 is 0 Å². The van der Waals surface area contributed by atoms with Crippen LogP contribution in [0.4, 0.5) is 10.5 Å². The second-order valence-corrected chi connectivity index (χ2v) is 7.29. The molecule has 0 aliphatic carbocycles. The van der Waals surface area contributed by atoms with Crippen LogP contribution in [0.15, 0.2) is 36.4 Å². The van der Waals surface area contributed by atoms with E-state index in [9.17, 15) is 4.79 Å². The highest BCUT2D eigenvalue weighted by molar-refractivity contribution is 5.74. The first-order chi connectivity index (χ1) is 14.1. The highest BCUT2D eigenvalue weighted by atomic mass is 16.7. The highest BCUT2D eigenvalue weighted by Crippen LogP contribution is 2.35. The maximum atomic E-state index is 12.4. The molecular formula is C22H27N3O4. The topological polar surface area (TPSA) is 63.3 Å². The molecule has 0 saturated carbocycles. The minimum atomic E-state index is -0.0418. The van der Waals surface area contributed by atoms with E-state index in [0.29, 0.717) is 37.7 Å². The van der Waals surface area contributed by atoms with Crippen molar-refractivity contribution in [3.63, 3.8) is 0 Å². The van der Waals surface area contributed by atoms with Crippen molar-refractivity contribution in [3.8, 4) is 17.2 Å². The Bertz CT molecular complexity index is 878. The largest absolute Gasteiger partial charge is 0.492 e. The zero-order valence-corrected chi connectivity index (χ0v) is 16.9. The molecule has 2 aromatic carbocycles. The Hall–Kier alpha value is -3.09. The molecule has 29 heavy (non-hydrogen) atoms. The molecule has 2 aliphatic rings. The van der Waals surface area contributed by atoms with Gasteiger partial charge in [-0.15, -0.1) is 0 Å². The summed E-state index contributed by atoms with van der Waals surface area (Å²) in [6.07, 6.45) is 0. The van der Waals surface area contributed by atoms with Gasteiger partial charge in [-0.3, -0.25) is 0 Å². The van der Waals surface area contributed by atoms with Crippen molar-refractivity contribution in [2.75, 3.05) is 51.0 Å². The molecule has 1 fully saturated rings. The predicted octanol–water partition coefficient (Wildman–Crippen LogP) is 2.94. The normalized spacial score (nSPS) is 15.4. The van der Waals surface area contributed by atoms with Gasteiger partial charge in [0.15, 0.2) is 11.5 Å². The second-order valence-electron chi connectivity index (χ2n) is 7.29. The molecule has 1 N–H and O–H groups in total. The number of urea groups is 1.